The Morgan fingerprint density at radius 2 is 1.82 bits per heavy atom. The predicted molar refractivity (Wildman–Crippen MR) is 85.6 cm³/mol. The van der Waals surface area contributed by atoms with Crippen LogP contribution in [0.25, 0.3) is 32.8 Å². The summed E-state index contributed by atoms with van der Waals surface area (Å²) in [5, 5.41) is 14.5. The number of hydrogen-bond acceptors (Lipinski definition) is 3. The normalized spacial score (nSPS) is 11.3. The molecule has 0 spiro atoms. The summed E-state index contributed by atoms with van der Waals surface area (Å²) >= 11 is 0. The Morgan fingerprint density at radius 1 is 1.05 bits per heavy atom. The maximum absolute atomic E-state index is 12.8. The smallest absolute Gasteiger partial charge is 0.287 e. The molecule has 1 aromatic heterocycles. The van der Waals surface area contributed by atoms with E-state index in [9.17, 15) is 10.1 Å². The van der Waals surface area contributed by atoms with Gasteiger partial charge in [-0.1, -0.05) is 24.3 Å². The molecule has 5 heteroatoms. The highest BCUT2D eigenvalue weighted by Gasteiger charge is 2.17. The summed E-state index contributed by atoms with van der Waals surface area (Å²) in [6.07, 6.45) is 0. The van der Waals surface area contributed by atoms with Crippen LogP contribution in [0.15, 0.2) is 54.6 Å². The zero-order valence-electron chi connectivity index (χ0n) is 11.8. The lowest BCUT2D eigenvalue weighted by Gasteiger charge is -2.16. The van der Waals surface area contributed by atoms with Crippen LogP contribution in [0, 0.1) is 10.1 Å². The zero-order chi connectivity index (χ0) is 15.3. The number of nitrogens with zero attached hydrogens (tertiary/aromatic N) is 2. The van der Waals surface area contributed by atoms with Crippen LogP contribution >= 0.6 is 0 Å². The number of hydrogen-bond donors (Lipinski definition) is 0. The molecule has 0 bridgehead atoms. The number of aromatic nitrogens is 2. The van der Waals surface area contributed by atoms with Gasteiger partial charge >= 0.3 is 0 Å². The molecule has 0 aliphatic rings. The summed E-state index contributed by atoms with van der Waals surface area (Å²) in [5.41, 5.74) is 1.33. The van der Waals surface area contributed by atoms with E-state index in [0.29, 0.717) is 27.8 Å². The van der Waals surface area contributed by atoms with E-state index in [2.05, 4.69) is 0 Å². The highest BCUT2D eigenvalue weighted by molar-refractivity contribution is 6.05. The van der Waals surface area contributed by atoms with E-state index in [1.807, 2.05) is 30.3 Å². The molecule has 4 aromatic rings. The number of methoxy groups -OCH3 is 1. The molecule has 22 heavy (non-hydrogen) atoms. The first-order valence-corrected chi connectivity index (χ1v) is 6.85. The van der Waals surface area contributed by atoms with Crippen molar-refractivity contribution in [2.24, 2.45) is 0 Å². The minimum Gasteiger partial charge on any atom is -0.805 e. The van der Waals surface area contributed by atoms with Gasteiger partial charge in [-0.3, -0.25) is 0 Å². The lowest BCUT2D eigenvalue weighted by molar-refractivity contribution is -0.432. The van der Waals surface area contributed by atoms with Gasteiger partial charge in [0.25, 0.3) is 11.0 Å². The van der Waals surface area contributed by atoms with Crippen molar-refractivity contribution >= 4 is 32.8 Å². The molecule has 0 fully saturated rings. The van der Waals surface area contributed by atoms with Gasteiger partial charge in [0.05, 0.1) is 11.5 Å². The standard InChI is InChI=1S/C17H12N2O3/c1-22-12-7-9-14-16(10-12)19(21)17-13-5-3-2-4-11(13)6-8-15(17)18(14)20/h2-10H,1H3. The highest BCUT2D eigenvalue weighted by Crippen LogP contribution is 2.27. The van der Waals surface area contributed by atoms with Crippen molar-refractivity contribution in [2.45, 2.75) is 0 Å². The molecule has 108 valence electrons. The van der Waals surface area contributed by atoms with Crippen molar-refractivity contribution in [1.29, 1.82) is 0 Å². The van der Waals surface area contributed by atoms with Crippen LogP contribution in [0.3, 0.4) is 0 Å². The van der Waals surface area contributed by atoms with E-state index in [4.69, 9.17) is 4.74 Å². The first kappa shape index (κ1) is 12.6. The molecule has 5 nitrogen and oxygen atoms in total. The fraction of sp³-hybridized carbons (Fsp3) is 0.0588. The summed E-state index contributed by atoms with van der Waals surface area (Å²) in [6, 6.07) is 15.9. The molecule has 0 saturated heterocycles. The van der Waals surface area contributed by atoms with Crippen molar-refractivity contribution in [1.82, 2.24) is 4.73 Å². The first-order valence-electron chi connectivity index (χ1n) is 6.85. The summed E-state index contributed by atoms with van der Waals surface area (Å²) in [4.78, 5) is 12.6. The maximum Gasteiger partial charge on any atom is 0.287 e. The van der Waals surface area contributed by atoms with E-state index in [0.717, 1.165) is 19.9 Å². The van der Waals surface area contributed by atoms with Crippen LogP contribution in [0.1, 0.15) is 0 Å². The van der Waals surface area contributed by atoms with E-state index >= 15 is 0 Å². The lowest BCUT2D eigenvalue weighted by Crippen LogP contribution is -2.19. The molecule has 0 aliphatic carbocycles. The van der Waals surface area contributed by atoms with Crippen molar-refractivity contribution in [2.75, 3.05) is 7.11 Å². The van der Waals surface area contributed by atoms with Gasteiger partial charge in [0.2, 0.25) is 0 Å². The topological polar surface area (TPSA) is 60.2 Å². The van der Waals surface area contributed by atoms with Crippen LogP contribution in [-0.4, -0.2) is 11.8 Å². The molecule has 0 atom stereocenters. The molecule has 0 aliphatic heterocycles. The summed E-state index contributed by atoms with van der Waals surface area (Å²) in [5.74, 6) is 0.539. The average molecular weight is 292 g/mol. The number of benzene rings is 3. The molecule has 0 unspecified atom stereocenters. The van der Waals surface area contributed by atoms with Crippen molar-refractivity contribution < 1.29 is 9.16 Å². The number of fused-ring (bicyclic) bond motifs is 4. The fourth-order valence-corrected chi connectivity index (χ4v) is 2.84. The third-order valence-corrected chi connectivity index (χ3v) is 3.92. The van der Waals surface area contributed by atoms with E-state index in [1.165, 1.54) is 7.11 Å². The van der Waals surface area contributed by atoms with Gasteiger partial charge < -0.3 is 14.7 Å². The van der Waals surface area contributed by atoms with Crippen LogP contribution in [0.2, 0.25) is 0 Å². The maximum atomic E-state index is 12.8. The summed E-state index contributed by atoms with van der Waals surface area (Å²) in [6.45, 7) is 0. The molecular weight excluding hydrogens is 280 g/mol. The molecular formula is C17H12N2O3. The largest absolute Gasteiger partial charge is 0.805 e. The minimum atomic E-state index is 0.290. The van der Waals surface area contributed by atoms with Gasteiger partial charge in [-0.05, 0) is 17.5 Å². The van der Waals surface area contributed by atoms with Gasteiger partial charge in [-0.25, -0.2) is 0 Å². The van der Waals surface area contributed by atoms with Gasteiger partial charge in [-0.2, -0.15) is 0 Å². The monoisotopic (exact) mass is 292 g/mol. The molecule has 4 rings (SSSR count). The zero-order valence-corrected chi connectivity index (χ0v) is 11.8. The third-order valence-electron chi connectivity index (χ3n) is 3.92. The van der Waals surface area contributed by atoms with Crippen LogP contribution < -0.4 is 9.16 Å². The fourth-order valence-electron chi connectivity index (χ4n) is 2.84. The molecule has 1 heterocycles. The van der Waals surface area contributed by atoms with Crippen LogP contribution in [0.4, 0.5) is 0 Å². The molecule has 3 aromatic carbocycles. The van der Waals surface area contributed by atoms with Crippen molar-refractivity contribution in [3.05, 3.63) is 64.7 Å². The van der Waals surface area contributed by atoms with Crippen molar-refractivity contribution in [3.8, 4) is 5.75 Å². The minimum absolute atomic E-state index is 0.290. The molecule has 0 radical (unpaired) electrons. The van der Waals surface area contributed by atoms with Gasteiger partial charge in [0.1, 0.15) is 16.8 Å². The van der Waals surface area contributed by atoms with Gasteiger partial charge in [-0.15, -0.1) is 0 Å². The van der Waals surface area contributed by atoms with E-state index < -0.39 is 0 Å². The lowest BCUT2D eigenvalue weighted by atomic mass is 10.1. The first-order chi connectivity index (χ1) is 10.7. The Balaban J connectivity index is 2.32. The summed E-state index contributed by atoms with van der Waals surface area (Å²) in [7, 11) is 1.53. The average Bonchev–Trinajstić information content (AvgIpc) is 2.58. The van der Waals surface area contributed by atoms with Gasteiger partial charge in [0, 0.05) is 28.5 Å². The molecule has 0 saturated carbocycles. The van der Waals surface area contributed by atoms with Crippen LogP contribution in [-0.2, 0) is 0 Å². The number of rotatable bonds is 1. The Kier molecular flexibility index (Phi) is 2.56. The number of ether oxygens (including phenoxy) is 1. The second kappa shape index (κ2) is 4.46. The van der Waals surface area contributed by atoms with E-state index in [1.54, 1.807) is 24.3 Å². The highest BCUT2D eigenvalue weighted by atomic mass is 16.5. The predicted octanol–water partition coefficient (Wildman–Crippen LogP) is 3.22. The third kappa shape index (κ3) is 1.59. The summed E-state index contributed by atoms with van der Waals surface area (Å²) < 4.78 is 6.76. The molecule has 0 N–H and O–H groups in total. The second-order valence-corrected chi connectivity index (χ2v) is 5.10. The van der Waals surface area contributed by atoms with Crippen LogP contribution in [0.5, 0.6) is 5.75 Å². The Hall–Kier alpha value is -3.08. The Labute approximate surface area is 125 Å². The molecule has 0 amide bonds. The second-order valence-electron chi connectivity index (χ2n) is 5.10. The van der Waals surface area contributed by atoms with Crippen molar-refractivity contribution in [3.63, 3.8) is 0 Å². The quantitative estimate of drug-likeness (QED) is 0.307. The Morgan fingerprint density at radius 3 is 2.64 bits per heavy atom. The SMILES string of the molecule is COc1ccc2c(c1)n([O-])c1c3ccccc3ccc1[n+]2=O. The van der Waals surface area contributed by atoms with E-state index in [-0.39, 0.29) is 0 Å². The van der Waals surface area contributed by atoms with Gasteiger partial charge in [0.15, 0.2) is 0 Å². The Bertz CT molecular complexity index is 1100.